The average Bonchev–Trinajstić information content (AvgIpc) is 3.44. The van der Waals surface area contributed by atoms with Crippen LogP contribution in [-0.4, -0.2) is 54.2 Å². The van der Waals surface area contributed by atoms with Crippen molar-refractivity contribution in [3.8, 4) is 5.69 Å². The maximum Gasteiger partial charge on any atom is 0.240 e. The molecule has 1 N–H and O–H groups in total. The number of thioether (sulfide) groups is 1. The van der Waals surface area contributed by atoms with E-state index in [0.717, 1.165) is 28.1 Å². The molecule has 0 fully saturated rings. The number of anilines is 1. The second-order valence-electron chi connectivity index (χ2n) is 9.60. The molecule has 0 bridgehead atoms. The van der Waals surface area contributed by atoms with Crippen LogP contribution in [0.25, 0.3) is 5.69 Å². The first-order valence-corrected chi connectivity index (χ1v) is 13.6. The van der Waals surface area contributed by atoms with Crippen molar-refractivity contribution in [2.75, 3.05) is 37.5 Å². The number of thiophene rings is 1. The molecule has 0 radical (unpaired) electrons. The van der Waals surface area contributed by atoms with Crippen LogP contribution in [0.1, 0.15) is 48.4 Å². The van der Waals surface area contributed by atoms with Crippen molar-refractivity contribution >= 4 is 40.7 Å². The van der Waals surface area contributed by atoms with Crippen molar-refractivity contribution in [3.63, 3.8) is 0 Å². The van der Waals surface area contributed by atoms with Gasteiger partial charge in [0.1, 0.15) is 12.4 Å². The summed E-state index contributed by atoms with van der Waals surface area (Å²) >= 11 is 3.24. The summed E-state index contributed by atoms with van der Waals surface area (Å²) in [7, 11) is 1.59. The minimum atomic E-state index is -0.271. The van der Waals surface area contributed by atoms with E-state index in [9.17, 15) is 9.59 Å². The third-order valence-corrected chi connectivity index (χ3v) is 7.88. The van der Waals surface area contributed by atoms with E-state index in [1.54, 1.807) is 35.1 Å². The van der Waals surface area contributed by atoms with Gasteiger partial charge in [-0.1, -0.05) is 39.0 Å². The topological polar surface area (TPSA) is 76.5 Å². The van der Waals surface area contributed by atoms with E-state index in [1.807, 2.05) is 35.9 Å². The van der Waals surface area contributed by atoms with Gasteiger partial charge in [-0.3, -0.25) is 14.5 Å². The van der Waals surface area contributed by atoms with Crippen LogP contribution in [0.4, 0.5) is 5.82 Å². The van der Waals surface area contributed by atoms with E-state index in [4.69, 9.17) is 9.84 Å². The summed E-state index contributed by atoms with van der Waals surface area (Å²) in [5, 5.41) is 12.1. The molecule has 7 nitrogen and oxygen atoms in total. The Morgan fingerprint density at radius 2 is 2.03 bits per heavy atom. The molecule has 0 spiro atoms. The number of methoxy groups -OCH3 is 1. The lowest BCUT2D eigenvalue weighted by Gasteiger charge is -2.24. The highest BCUT2D eigenvalue weighted by Gasteiger charge is 2.40. The van der Waals surface area contributed by atoms with Crippen LogP contribution in [0.15, 0.2) is 41.1 Å². The first kappa shape index (κ1) is 25.5. The average molecular weight is 513 g/mol. The van der Waals surface area contributed by atoms with Crippen LogP contribution in [0.5, 0.6) is 0 Å². The van der Waals surface area contributed by atoms with Crippen molar-refractivity contribution < 1.29 is 14.3 Å². The zero-order chi connectivity index (χ0) is 25.2. The maximum absolute atomic E-state index is 13.5. The van der Waals surface area contributed by atoms with Gasteiger partial charge in [0.15, 0.2) is 0 Å². The van der Waals surface area contributed by atoms with Gasteiger partial charge in [0.25, 0.3) is 0 Å². The lowest BCUT2D eigenvalue weighted by atomic mass is 9.87. The van der Waals surface area contributed by atoms with E-state index in [-0.39, 0.29) is 34.8 Å². The molecule has 0 unspecified atom stereocenters. The lowest BCUT2D eigenvalue weighted by Crippen LogP contribution is -2.43. The first-order chi connectivity index (χ1) is 16.7. The molecule has 1 aromatic carbocycles. The Morgan fingerprint density at radius 3 is 2.69 bits per heavy atom. The Hall–Kier alpha value is -2.62. The smallest absolute Gasteiger partial charge is 0.240 e. The van der Waals surface area contributed by atoms with Gasteiger partial charge in [-0.05, 0) is 40.9 Å². The van der Waals surface area contributed by atoms with Crippen LogP contribution < -0.4 is 10.2 Å². The van der Waals surface area contributed by atoms with E-state index >= 15 is 0 Å². The van der Waals surface area contributed by atoms with Crippen LogP contribution in [0.2, 0.25) is 0 Å². The van der Waals surface area contributed by atoms with E-state index in [1.165, 1.54) is 0 Å². The standard InChI is InChI=1S/C26H32N4O3S2/c1-17-8-6-7-9-19(17)30-25-22(24(28-30)26(2,3)4)23(18-10-13-34-15-18)35-16-21(32)29(25)14-20(31)27-11-12-33-5/h6-10,13,15,23H,11-12,14,16H2,1-5H3,(H,27,31)/t23-/m0/s1. The predicted octanol–water partition coefficient (Wildman–Crippen LogP) is 4.47. The van der Waals surface area contributed by atoms with Crippen molar-refractivity contribution in [2.24, 2.45) is 0 Å². The summed E-state index contributed by atoms with van der Waals surface area (Å²) in [6.07, 6.45) is 0. The number of nitrogens with zero attached hydrogens (tertiary/aromatic N) is 3. The molecule has 0 saturated carbocycles. The van der Waals surface area contributed by atoms with Gasteiger partial charge in [0.05, 0.1) is 29.0 Å². The molecule has 4 rings (SSSR count). The monoisotopic (exact) mass is 512 g/mol. The molecule has 35 heavy (non-hydrogen) atoms. The molecule has 1 atom stereocenters. The lowest BCUT2D eigenvalue weighted by molar-refractivity contribution is -0.123. The Bertz CT molecular complexity index is 1200. The molecular formula is C26H32N4O3S2. The number of amides is 2. The minimum absolute atomic E-state index is 0.0613. The van der Waals surface area contributed by atoms with Crippen molar-refractivity contribution in [2.45, 2.75) is 38.4 Å². The zero-order valence-corrected chi connectivity index (χ0v) is 22.5. The molecule has 1 aliphatic heterocycles. The quantitative estimate of drug-likeness (QED) is 0.473. The number of para-hydroxylation sites is 1. The van der Waals surface area contributed by atoms with Gasteiger partial charge in [0.2, 0.25) is 11.8 Å². The molecular weight excluding hydrogens is 480 g/mol. The number of benzene rings is 1. The van der Waals surface area contributed by atoms with Gasteiger partial charge in [0, 0.05) is 24.6 Å². The van der Waals surface area contributed by atoms with Crippen LogP contribution in [-0.2, 0) is 19.7 Å². The fraction of sp³-hybridized carbons (Fsp3) is 0.423. The summed E-state index contributed by atoms with van der Waals surface area (Å²) in [5.74, 6) is 0.622. The number of aromatic nitrogens is 2. The third-order valence-electron chi connectivity index (χ3n) is 5.92. The summed E-state index contributed by atoms with van der Waals surface area (Å²) < 4.78 is 6.93. The molecule has 1 aliphatic rings. The molecule has 2 aromatic heterocycles. The van der Waals surface area contributed by atoms with Crippen LogP contribution >= 0.6 is 23.1 Å². The van der Waals surface area contributed by atoms with Gasteiger partial charge in [-0.25, -0.2) is 4.68 Å². The third kappa shape index (κ3) is 5.32. The van der Waals surface area contributed by atoms with Gasteiger partial charge in [-0.2, -0.15) is 16.4 Å². The highest BCUT2D eigenvalue weighted by Crippen LogP contribution is 2.48. The minimum Gasteiger partial charge on any atom is -0.383 e. The van der Waals surface area contributed by atoms with Gasteiger partial charge >= 0.3 is 0 Å². The van der Waals surface area contributed by atoms with Crippen molar-refractivity contribution in [3.05, 3.63) is 63.5 Å². The first-order valence-electron chi connectivity index (χ1n) is 11.6. The number of aryl methyl sites for hydroxylation is 1. The summed E-state index contributed by atoms with van der Waals surface area (Å²) in [5.41, 5.74) is 4.74. The largest absolute Gasteiger partial charge is 0.383 e. The van der Waals surface area contributed by atoms with Crippen molar-refractivity contribution in [1.29, 1.82) is 0 Å². The highest BCUT2D eigenvalue weighted by molar-refractivity contribution is 8.00. The predicted molar refractivity (Wildman–Crippen MR) is 143 cm³/mol. The second kappa shape index (κ2) is 10.6. The number of fused-ring (bicyclic) bond motifs is 1. The highest BCUT2D eigenvalue weighted by atomic mass is 32.2. The van der Waals surface area contributed by atoms with Crippen LogP contribution in [0, 0.1) is 6.92 Å². The number of carbonyl (C=O) groups excluding carboxylic acids is 2. The molecule has 3 heterocycles. The zero-order valence-electron chi connectivity index (χ0n) is 20.8. The number of hydrogen-bond acceptors (Lipinski definition) is 6. The van der Waals surface area contributed by atoms with Crippen LogP contribution in [0.3, 0.4) is 0 Å². The normalized spacial score (nSPS) is 16.2. The Morgan fingerprint density at radius 1 is 1.26 bits per heavy atom. The van der Waals surface area contributed by atoms with Crippen molar-refractivity contribution in [1.82, 2.24) is 15.1 Å². The Labute approximate surface area is 214 Å². The molecule has 2 amide bonds. The molecule has 186 valence electrons. The van der Waals surface area contributed by atoms with E-state index in [2.05, 4.69) is 42.9 Å². The van der Waals surface area contributed by atoms with Gasteiger partial charge in [-0.15, -0.1) is 11.8 Å². The van der Waals surface area contributed by atoms with Gasteiger partial charge < -0.3 is 10.1 Å². The summed E-state index contributed by atoms with van der Waals surface area (Å²) in [4.78, 5) is 28.1. The second-order valence-corrected chi connectivity index (χ2v) is 11.5. The van der Waals surface area contributed by atoms with E-state index in [0.29, 0.717) is 19.0 Å². The molecule has 0 saturated heterocycles. The fourth-order valence-corrected chi connectivity index (χ4v) is 6.18. The number of ether oxygens (including phenoxy) is 1. The Balaban J connectivity index is 1.94. The number of rotatable bonds is 7. The molecule has 0 aliphatic carbocycles. The maximum atomic E-state index is 13.5. The number of carbonyl (C=O) groups is 2. The van der Waals surface area contributed by atoms with E-state index < -0.39 is 0 Å². The Kier molecular flexibility index (Phi) is 7.68. The number of hydrogen-bond donors (Lipinski definition) is 1. The fourth-order valence-electron chi connectivity index (χ4n) is 4.22. The molecule has 9 heteroatoms. The summed E-state index contributed by atoms with van der Waals surface area (Å²) in [6.45, 7) is 9.18. The summed E-state index contributed by atoms with van der Waals surface area (Å²) in [6, 6.07) is 10.1. The SMILES string of the molecule is COCCNC(=O)CN1C(=O)CS[C@@H](c2ccsc2)c2c(C(C)(C)C)nn(-c3ccccc3C)c21. The molecule has 3 aromatic rings. The number of nitrogens with one attached hydrogen (secondary N) is 1.